The van der Waals surface area contributed by atoms with E-state index in [0.717, 1.165) is 18.5 Å². The molecule has 0 aliphatic carbocycles. The molecule has 0 aliphatic heterocycles. The molecule has 1 aromatic heterocycles. The molecule has 3 nitrogen and oxygen atoms in total. The number of aryl methyl sites for hydroxylation is 1. The fourth-order valence-electron chi connectivity index (χ4n) is 1.47. The third-order valence-electron chi connectivity index (χ3n) is 2.29. The highest BCUT2D eigenvalue weighted by Gasteiger charge is 2.25. The van der Waals surface area contributed by atoms with Crippen LogP contribution in [0.25, 0.3) is 0 Å². The molecule has 0 saturated carbocycles. The Labute approximate surface area is 99.0 Å². The zero-order chi connectivity index (χ0) is 12.7. The molecule has 0 bridgehead atoms. The van der Waals surface area contributed by atoms with Gasteiger partial charge in [-0.15, -0.1) is 0 Å². The third kappa shape index (κ3) is 6.31. The summed E-state index contributed by atoms with van der Waals surface area (Å²) in [4.78, 5) is 0. The summed E-state index contributed by atoms with van der Waals surface area (Å²) >= 11 is 0. The summed E-state index contributed by atoms with van der Waals surface area (Å²) in [6.45, 7) is 4.03. The predicted octanol–water partition coefficient (Wildman–Crippen LogP) is 2.73. The van der Waals surface area contributed by atoms with Crippen LogP contribution in [0.4, 0.5) is 13.2 Å². The van der Waals surface area contributed by atoms with Crippen molar-refractivity contribution in [2.45, 2.75) is 45.5 Å². The summed E-state index contributed by atoms with van der Waals surface area (Å²) in [6.07, 6.45) is -0.211. The van der Waals surface area contributed by atoms with E-state index in [9.17, 15) is 13.2 Å². The molecule has 1 heterocycles. The largest absolute Gasteiger partial charge is 0.389 e. The van der Waals surface area contributed by atoms with Crippen molar-refractivity contribution in [3.8, 4) is 0 Å². The van der Waals surface area contributed by atoms with E-state index in [0.29, 0.717) is 13.1 Å². The van der Waals surface area contributed by atoms with Gasteiger partial charge in [-0.1, -0.05) is 6.92 Å². The lowest BCUT2D eigenvalue weighted by Crippen LogP contribution is -2.13. The second kappa shape index (κ2) is 6.64. The molecule has 0 aromatic carbocycles. The standard InChI is InChI=1S/C11H18F3N3/c1-2-5-15-7-10-8-16-17(9-10)6-3-4-11(12,13)14/h8-9,15H,2-7H2,1H3. The summed E-state index contributed by atoms with van der Waals surface area (Å²) in [7, 11) is 0. The highest BCUT2D eigenvalue weighted by atomic mass is 19.4. The molecule has 1 N–H and O–H groups in total. The smallest absolute Gasteiger partial charge is 0.313 e. The van der Waals surface area contributed by atoms with Gasteiger partial charge in [0, 0.05) is 31.3 Å². The first-order chi connectivity index (χ1) is 8.01. The summed E-state index contributed by atoms with van der Waals surface area (Å²) < 4.78 is 37.4. The van der Waals surface area contributed by atoms with Crippen LogP contribution in [0.15, 0.2) is 12.4 Å². The quantitative estimate of drug-likeness (QED) is 0.753. The predicted molar refractivity (Wildman–Crippen MR) is 59.5 cm³/mol. The average molecular weight is 249 g/mol. The third-order valence-corrected chi connectivity index (χ3v) is 2.29. The van der Waals surface area contributed by atoms with E-state index in [1.807, 2.05) is 0 Å². The van der Waals surface area contributed by atoms with Crippen molar-refractivity contribution >= 4 is 0 Å². The molecule has 98 valence electrons. The minimum atomic E-state index is -4.07. The van der Waals surface area contributed by atoms with Crippen molar-refractivity contribution in [3.63, 3.8) is 0 Å². The Hall–Kier alpha value is -1.04. The molecule has 6 heteroatoms. The molecule has 1 aromatic rings. The van der Waals surface area contributed by atoms with Crippen LogP contribution in [0.5, 0.6) is 0 Å². The van der Waals surface area contributed by atoms with Crippen molar-refractivity contribution in [3.05, 3.63) is 18.0 Å². The first-order valence-corrected chi connectivity index (χ1v) is 5.80. The van der Waals surface area contributed by atoms with E-state index in [4.69, 9.17) is 0 Å². The van der Waals surface area contributed by atoms with E-state index in [2.05, 4.69) is 17.3 Å². The second-order valence-corrected chi connectivity index (χ2v) is 4.01. The topological polar surface area (TPSA) is 29.9 Å². The van der Waals surface area contributed by atoms with E-state index >= 15 is 0 Å². The van der Waals surface area contributed by atoms with Crippen LogP contribution in [0.3, 0.4) is 0 Å². The number of nitrogens with one attached hydrogen (secondary N) is 1. The van der Waals surface area contributed by atoms with Crippen molar-refractivity contribution in [1.82, 2.24) is 15.1 Å². The van der Waals surface area contributed by atoms with Crippen LogP contribution in [0, 0.1) is 0 Å². The van der Waals surface area contributed by atoms with Gasteiger partial charge in [0.15, 0.2) is 0 Å². The molecule has 0 aliphatic rings. The summed E-state index contributed by atoms with van der Waals surface area (Å²) in [6, 6.07) is 0. The zero-order valence-corrected chi connectivity index (χ0v) is 9.93. The summed E-state index contributed by atoms with van der Waals surface area (Å²) in [5.74, 6) is 0. The maximum atomic E-state index is 11.9. The van der Waals surface area contributed by atoms with Gasteiger partial charge < -0.3 is 5.32 Å². The van der Waals surface area contributed by atoms with Gasteiger partial charge in [0.2, 0.25) is 0 Å². The Morgan fingerprint density at radius 1 is 1.41 bits per heavy atom. The van der Waals surface area contributed by atoms with Gasteiger partial charge in [0.05, 0.1) is 6.20 Å². The first kappa shape index (κ1) is 14.0. The molecule has 17 heavy (non-hydrogen) atoms. The Morgan fingerprint density at radius 3 is 2.82 bits per heavy atom. The molecule has 0 amide bonds. The lowest BCUT2D eigenvalue weighted by molar-refractivity contribution is -0.136. The SMILES string of the molecule is CCCNCc1cnn(CCCC(F)(F)F)c1. The van der Waals surface area contributed by atoms with Crippen LogP contribution < -0.4 is 5.32 Å². The molecule has 0 unspecified atom stereocenters. The monoisotopic (exact) mass is 249 g/mol. The van der Waals surface area contributed by atoms with Crippen molar-refractivity contribution in [2.24, 2.45) is 0 Å². The number of rotatable bonds is 7. The first-order valence-electron chi connectivity index (χ1n) is 5.80. The molecular formula is C11H18F3N3. The van der Waals surface area contributed by atoms with Gasteiger partial charge >= 0.3 is 6.18 Å². The maximum absolute atomic E-state index is 11.9. The molecule has 0 saturated heterocycles. The van der Waals surface area contributed by atoms with Gasteiger partial charge in [-0.3, -0.25) is 4.68 Å². The Kier molecular flexibility index (Phi) is 5.47. The minimum absolute atomic E-state index is 0.0764. The lowest BCUT2D eigenvalue weighted by Gasteiger charge is -2.05. The maximum Gasteiger partial charge on any atom is 0.389 e. The van der Waals surface area contributed by atoms with Crippen molar-refractivity contribution in [1.29, 1.82) is 0 Å². The van der Waals surface area contributed by atoms with E-state index in [1.54, 1.807) is 17.1 Å². The van der Waals surface area contributed by atoms with Crippen LogP contribution >= 0.6 is 0 Å². The van der Waals surface area contributed by atoms with Gasteiger partial charge in [-0.05, 0) is 19.4 Å². The molecule has 0 radical (unpaired) electrons. The molecule has 0 fully saturated rings. The average Bonchev–Trinajstić information content (AvgIpc) is 2.64. The van der Waals surface area contributed by atoms with E-state index in [1.165, 1.54) is 0 Å². The lowest BCUT2D eigenvalue weighted by atomic mass is 10.3. The highest BCUT2D eigenvalue weighted by molar-refractivity contribution is 5.03. The van der Waals surface area contributed by atoms with Crippen molar-refractivity contribution < 1.29 is 13.2 Å². The van der Waals surface area contributed by atoms with E-state index < -0.39 is 12.6 Å². The Balaban J connectivity index is 2.26. The van der Waals surface area contributed by atoms with Crippen LogP contribution in [0.2, 0.25) is 0 Å². The van der Waals surface area contributed by atoms with Crippen LogP contribution in [-0.2, 0) is 13.1 Å². The number of hydrogen-bond acceptors (Lipinski definition) is 2. The molecule has 1 rings (SSSR count). The number of hydrogen-bond donors (Lipinski definition) is 1. The molecule has 0 atom stereocenters. The van der Waals surface area contributed by atoms with Crippen LogP contribution in [0.1, 0.15) is 31.7 Å². The highest BCUT2D eigenvalue weighted by Crippen LogP contribution is 2.21. The number of nitrogens with zero attached hydrogens (tertiary/aromatic N) is 2. The van der Waals surface area contributed by atoms with Crippen LogP contribution in [-0.4, -0.2) is 22.5 Å². The van der Waals surface area contributed by atoms with Crippen molar-refractivity contribution in [2.75, 3.05) is 6.54 Å². The number of aromatic nitrogens is 2. The second-order valence-electron chi connectivity index (χ2n) is 4.01. The Bertz CT molecular complexity index is 320. The number of halogens is 3. The fraction of sp³-hybridized carbons (Fsp3) is 0.727. The Morgan fingerprint density at radius 2 is 2.18 bits per heavy atom. The fourth-order valence-corrected chi connectivity index (χ4v) is 1.47. The normalized spacial score (nSPS) is 12.0. The summed E-state index contributed by atoms with van der Waals surface area (Å²) in [5, 5.41) is 7.24. The zero-order valence-electron chi connectivity index (χ0n) is 9.93. The number of alkyl halides is 3. The minimum Gasteiger partial charge on any atom is -0.313 e. The van der Waals surface area contributed by atoms with Gasteiger partial charge in [0.25, 0.3) is 0 Å². The van der Waals surface area contributed by atoms with Gasteiger partial charge in [0.1, 0.15) is 0 Å². The summed E-state index contributed by atoms with van der Waals surface area (Å²) in [5.41, 5.74) is 1.01. The van der Waals surface area contributed by atoms with Gasteiger partial charge in [-0.25, -0.2) is 0 Å². The molecule has 0 spiro atoms. The van der Waals surface area contributed by atoms with E-state index in [-0.39, 0.29) is 6.42 Å². The van der Waals surface area contributed by atoms with Gasteiger partial charge in [-0.2, -0.15) is 18.3 Å². The molecular weight excluding hydrogens is 231 g/mol.